The Morgan fingerprint density at radius 2 is 1.74 bits per heavy atom. The highest BCUT2D eigenvalue weighted by Gasteiger charge is 2.30. The Hall–Kier alpha value is -3.19. The zero-order chi connectivity index (χ0) is 24.4. The van der Waals surface area contributed by atoms with E-state index in [2.05, 4.69) is 30.5 Å². The second-order valence-electron chi connectivity index (χ2n) is 8.96. The summed E-state index contributed by atoms with van der Waals surface area (Å²) in [6, 6.07) is 11.8. The molecule has 1 saturated heterocycles. The summed E-state index contributed by atoms with van der Waals surface area (Å²) < 4.78 is 7.47. The molecule has 0 bridgehead atoms. The molecule has 34 heavy (non-hydrogen) atoms. The van der Waals surface area contributed by atoms with Crippen LogP contribution in [0.3, 0.4) is 0 Å². The quantitative estimate of drug-likeness (QED) is 0.367. The Bertz CT molecular complexity index is 1220. The van der Waals surface area contributed by atoms with Crippen molar-refractivity contribution in [2.45, 2.75) is 40.5 Å². The fourth-order valence-electron chi connectivity index (χ4n) is 4.51. The first-order valence-electron chi connectivity index (χ1n) is 11.6. The third-order valence-corrected chi connectivity index (χ3v) is 7.53. The summed E-state index contributed by atoms with van der Waals surface area (Å²) in [7, 11) is 0. The van der Waals surface area contributed by atoms with Crippen LogP contribution in [-0.4, -0.2) is 46.8 Å². The number of carbonyl (C=O) groups is 3. The van der Waals surface area contributed by atoms with E-state index in [0.717, 1.165) is 17.1 Å². The number of ketones is 1. The van der Waals surface area contributed by atoms with E-state index in [9.17, 15) is 14.4 Å². The minimum atomic E-state index is -0.362. The Morgan fingerprint density at radius 3 is 2.38 bits per heavy atom. The first kappa shape index (κ1) is 24.0. The zero-order valence-electron chi connectivity index (χ0n) is 20.1. The number of ether oxygens (including phenoxy) is 1. The molecule has 6 nitrogen and oxygen atoms in total. The lowest BCUT2D eigenvalue weighted by molar-refractivity contribution is -0.148. The third kappa shape index (κ3) is 4.85. The molecule has 178 valence electrons. The van der Waals surface area contributed by atoms with Crippen LogP contribution in [-0.2, 0) is 9.53 Å². The highest BCUT2D eigenvalue weighted by molar-refractivity contribution is 7.12. The topological polar surface area (TPSA) is 68.6 Å². The molecule has 0 atom stereocenters. The molecule has 3 aromatic rings. The predicted octanol–water partition coefficient (Wildman–Crippen LogP) is 5.05. The molecule has 1 amide bonds. The van der Waals surface area contributed by atoms with Crippen molar-refractivity contribution in [2.24, 2.45) is 5.92 Å². The maximum absolute atomic E-state index is 12.9. The molecule has 0 aliphatic carbocycles. The van der Waals surface area contributed by atoms with Gasteiger partial charge in [-0.15, -0.1) is 11.3 Å². The van der Waals surface area contributed by atoms with Crippen LogP contribution in [0.25, 0.3) is 5.69 Å². The van der Waals surface area contributed by atoms with Gasteiger partial charge in [-0.2, -0.15) is 0 Å². The number of carbonyl (C=O) groups excluding carboxylic acids is 3. The third-order valence-electron chi connectivity index (χ3n) is 6.67. The molecule has 4 rings (SSSR count). The number of thiophene rings is 1. The number of Topliss-reactive ketones (excluding diaryl/α,β-unsaturated/α-hetero) is 1. The smallest absolute Gasteiger partial charge is 0.309 e. The predicted molar refractivity (Wildman–Crippen MR) is 133 cm³/mol. The first-order chi connectivity index (χ1) is 16.3. The van der Waals surface area contributed by atoms with Gasteiger partial charge in [0.05, 0.1) is 10.8 Å². The minimum absolute atomic E-state index is 0.0103. The number of piperidine rings is 1. The minimum Gasteiger partial charge on any atom is -0.457 e. The van der Waals surface area contributed by atoms with Gasteiger partial charge >= 0.3 is 5.97 Å². The van der Waals surface area contributed by atoms with Crippen molar-refractivity contribution < 1.29 is 19.1 Å². The van der Waals surface area contributed by atoms with Gasteiger partial charge in [0.1, 0.15) is 0 Å². The number of rotatable bonds is 6. The second-order valence-corrected chi connectivity index (χ2v) is 9.91. The molecule has 0 unspecified atom stereocenters. The SMILES string of the molecule is Cc1ccc(-n2c(C)cc(C(=O)COC(=O)C3CCN(C(=O)c4cccs4)CC3)c2C)cc1C. The number of aryl methyl sites for hydroxylation is 3. The van der Waals surface area contributed by atoms with Crippen molar-refractivity contribution >= 4 is 29.0 Å². The van der Waals surface area contributed by atoms with Crippen LogP contribution < -0.4 is 0 Å². The van der Waals surface area contributed by atoms with E-state index in [-0.39, 0.29) is 30.2 Å². The van der Waals surface area contributed by atoms with E-state index < -0.39 is 0 Å². The fourth-order valence-corrected chi connectivity index (χ4v) is 5.20. The average Bonchev–Trinajstić information content (AvgIpc) is 3.47. The van der Waals surface area contributed by atoms with E-state index in [1.807, 2.05) is 43.5 Å². The average molecular weight is 479 g/mol. The van der Waals surface area contributed by atoms with Gasteiger partial charge in [-0.25, -0.2) is 0 Å². The number of aromatic nitrogens is 1. The van der Waals surface area contributed by atoms with Gasteiger partial charge in [-0.1, -0.05) is 12.1 Å². The second kappa shape index (κ2) is 9.97. The number of amides is 1. The summed E-state index contributed by atoms with van der Waals surface area (Å²) in [4.78, 5) is 40.5. The first-order valence-corrected chi connectivity index (χ1v) is 12.4. The van der Waals surface area contributed by atoms with Crippen molar-refractivity contribution in [3.63, 3.8) is 0 Å². The number of hydrogen-bond acceptors (Lipinski definition) is 5. The van der Waals surface area contributed by atoms with E-state index in [1.54, 1.807) is 4.90 Å². The van der Waals surface area contributed by atoms with Crippen LogP contribution in [0.1, 0.15) is 55.4 Å². The van der Waals surface area contributed by atoms with E-state index >= 15 is 0 Å². The molecule has 0 N–H and O–H groups in total. The highest BCUT2D eigenvalue weighted by Crippen LogP contribution is 2.24. The normalized spacial score (nSPS) is 14.3. The summed E-state index contributed by atoms with van der Waals surface area (Å²) in [5.74, 6) is -0.847. The molecule has 7 heteroatoms. The van der Waals surface area contributed by atoms with Crippen LogP contribution in [0.2, 0.25) is 0 Å². The maximum atomic E-state index is 12.9. The molecule has 1 aliphatic heterocycles. The number of likely N-dealkylation sites (tertiary alicyclic amines) is 1. The lowest BCUT2D eigenvalue weighted by Crippen LogP contribution is -2.40. The summed E-state index contributed by atoms with van der Waals surface area (Å²) in [6.07, 6.45) is 1.09. The largest absolute Gasteiger partial charge is 0.457 e. The van der Waals surface area contributed by atoms with Gasteiger partial charge < -0.3 is 14.2 Å². The van der Waals surface area contributed by atoms with Crippen molar-refractivity contribution in [3.05, 3.63) is 74.7 Å². The van der Waals surface area contributed by atoms with E-state index in [1.165, 1.54) is 22.5 Å². The Labute approximate surface area is 204 Å². The molecule has 0 spiro atoms. The Kier molecular flexibility index (Phi) is 7.03. The van der Waals surface area contributed by atoms with Gasteiger partial charge in [0.15, 0.2) is 6.61 Å². The van der Waals surface area contributed by atoms with Crippen LogP contribution >= 0.6 is 11.3 Å². The highest BCUT2D eigenvalue weighted by atomic mass is 32.1. The molecule has 0 saturated carbocycles. The van der Waals surface area contributed by atoms with Crippen molar-refractivity contribution in [2.75, 3.05) is 19.7 Å². The fraction of sp³-hybridized carbons (Fsp3) is 0.370. The van der Waals surface area contributed by atoms with E-state index in [4.69, 9.17) is 4.74 Å². The number of hydrogen-bond donors (Lipinski definition) is 0. The van der Waals surface area contributed by atoms with Gasteiger partial charge in [-0.05, 0) is 81.3 Å². The van der Waals surface area contributed by atoms with Crippen molar-refractivity contribution in [1.82, 2.24) is 9.47 Å². The number of benzene rings is 1. The zero-order valence-corrected chi connectivity index (χ0v) is 20.9. The monoisotopic (exact) mass is 478 g/mol. The molecular weight excluding hydrogens is 448 g/mol. The molecule has 2 aromatic heterocycles. The molecule has 1 aromatic carbocycles. The summed E-state index contributed by atoms with van der Waals surface area (Å²) in [6.45, 7) is 8.78. The van der Waals surface area contributed by atoms with Crippen molar-refractivity contribution in [1.29, 1.82) is 0 Å². The van der Waals surface area contributed by atoms with E-state index in [0.29, 0.717) is 36.4 Å². The number of nitrogens with zero attached hydrogens (tertiary/aromatic N) is 2. The molecule has 0 radical (unpaired) electrons. The summed E-state index contributed by atoms with van der Waals surface area (Å²) in [5, 5.41) is 1.88. The molecule has 3 heterocycles. The molecule has 1 aliphatic rings. The van der Waals surface area contributed by atoms with Crippen LogP contribution in [0.4, 0.5) is 0 Å². The number of esters is 1. The summed E-state index contributed by atoms with van der Waals surface area (Å²) in [5.41, 5.74) is 5.78. The lowest BCUT2D eigenvalue weighted by atomic mass is 9.97. The van der Waals surface area contributed by atoms with Crippen LogP contribution in [0.15, 0.2) is 41.8 Å². The Balaban J connectivity index is 1.35. The standard InChI is InChI=1S/C27H30N2O4S/c1-17-7-8-22(14-18(17)2)29-19(3)15-23(20(29)4)24(30)16-33-27(32)21-9-11-28(12-10-21)26(31)25-6-5-13-34-25/h5-8,13-15,21H,9-12,16H2,1-4H3. The molecule has 1 fully saturated rings. The van der Waals surface area contributed by atoms with Crippen molar-refractivity contribution in [3.8, 4) is 5.69 Å². The van der Waals surface area contributed by atoms with Crippen LogP contribution in [0.5, 0.6) is 0 Å². The van der Waals surface area contributed by atoms with Gasteiger partial charge in [0.2, 0.25) is 5.78 Å². The molecular formula is C27H30N2O4S. The van der Waals surface area contributed by atoms with Gasteiger partial charge in [0.25, 0.3) is 5.91 Å². The summed E-state index contributed by atoms with van der Waals surface area (Å²) >= 11 is 1.42. The lowest BCUT2D eigenvalue weighted by Gasteiger charge is -2.30. The maximum Gasteiger partial charge on any atom is 0.309 e. The Morgan fingerprint density at radius 1 is 1.00 bits per heavy atom. The van der Waals surface area contributed by atoms with Gasteiger partial charge in [0, 0.05) is 35.7 Å². The van der Waals surface area contributed by atoms with Crippen LogP contribution in [0, 0.1) is 33.6 Å². The van der Waals surface area contributed by atoms with Gasteiger partial charge in [-0.3, -0.25) is 14.4 Å².